The van der Waals surface area contributed by atoms with E-state index in [-0.39, 0.29) is 0 Å². The number of hydrogen-bond acceptors (Lipinski definition) is 2. The van der Waals surface area contributed by atoms with Gasteiger partial charge < -0.3 is 10.2 Å². The summed E-state index contributed by atoms with van der Waals surface area (Å²) in [6.07, 6.45) is 8.54. The quantitative estimate of drug-likeness (QED) is 0.813. The summed E-state index contributed by atoms with van der Waals surface area (Å²) >= 11 is 0. The minimum Gasteiger partial charge on any atom is -0.317 e. The van der Waals surface area contributed by atoms with E-state index in [0.717, 1.165) is 23.9 Å². The van der Waals surface area contributed by atoms with Crippen molar-refractivity contribution in [2.24, 2.45) is 11.8 Å². The van der Waals surface area contributed by atoms with Crippen LogP contribution in [0.25, 0.3) is 0 Å². The Kier molecular flexibility index (Phi) is 4.87. The minimum absolute atomic E-state index is 0.755. The highest BCUT2D eigenvalue weighted by molar-refractivity contribution is 4.85. The van der Waals surface area contributed by atoms with Gasteiger partial charge in [-0.25, -0.2) is 0 Å². The van der Waals surface area contributed by atoms with Crippen LogP contribution in [0.3, 0.4) is 0 Å². The molecule has 2 nitrogen and oxygen atoms in total. The maximum atomic E-state index is 3.44. The molecule has 4 atom stereocenters. The molecule has 0 aromatic carbocycles. The molecule has 1 saturated carbocycles. The Morgan fingerprint density at radius 3 is 2.53 bits per heavy atom. The van der Waals surface area contributed by atoms with E-state index in [1.807, 2.05) is 0 Å². The molecule has 1 aliphatic carbocycles. The predicted octanol–water partition coefficient (Wildman–Crippen LogP) is 2.89. The van der Waals surface area contributed by atoms with Crippen molar-refractivity contribution in [3.63, 3.8) is 0 Å². The molecule has 100 valence electrons. The molecule has 0 aromatic rings. The molecule has 4 unspecified atom stereocenters. The second-order valence-electron chi connectivity index (χ2n) is 6.38. The van der Waals surface area contributed by atoms with Gasteiger partial charge in [0, 0.05) is 18.6 Å². The Morgan fingerprint density at radius 1 is 1.12 bits per heavy atom. The Hall–Kier alpha value is -0.0800. The van der Waals surface area contributed by atoms with Gasteiger partial charge in [0.2, 0.25) is 0 Å². The van der Waals surface area contributed by atoms with Gasteiger partial charge in [0.1, 0.15) is 0 Å². The molecule has 2 aliphatic rings. The molecule has 1 saturated heterocycles. The molecule has 1 heterocycles. The largest absolute Gasteiger partial charge is 0.317 e. The van der Waals surface area contributed by atoms with Crippen LogP contribution in [0.4, 0.5) is 0 Å². The average Bonchev–Trinajstić information content (AvgIpc) is 2.34. The topological polar surface area (TPSA) is 15.3 Å². The van der Waals surface area contributed by atoms with Crippen molar-refractivity contribution in [3.8, 4) is 0 Å². The van der Waals surface area contributed by atoms with Gasteiger partial charge in [-0.1, -0.05) is 26.2 Å². The van der Waals surface area contributed by atoms with Crippen molar-refractivity contribution >= 4 is 0 Å². The molecular weight excluding hydrogens is 208 g/mol. The highest BCUT2D eigenvalue weighted by Crippen LogP contribution is 2.31. The maximum Gasteiger partial charge on any atom is 0.00910 e. The summed E-state index contributed by atoms with van der Waals surface area (Å²) in [5, 5.41) is 3.44. The number of nitrogens with one attached hydrogen (secondary N) is 1. The summed E-state index contributed by atoms with van der Waals surface area (Å²) in [5.41, 5.74) is 0. The van der Waals surface area contributed by atoms with Gasteiger partial charge in [-0.05, 0) is 51.6 Å². The third-order valence-corrected chi connectivity index (χ3v) is 5.18. The third kappa shape index (κ3) is 3.45. The summed E-state index contributed by atoms with van der Waals surface area (Å²) in [6.45, 7) is 7.54. The first-order chi connectivity index (χ1) is 8.20. The first-order valence-electron chi connectivity index (χ1n) is 7.62. The van der Waals surface area contributed by atoms with E-state index in [2.05, 4.69) is 31.1 Å². The molecular formula is C15H30N2. The molecule has 17 heavy (non-hydrogen) atoms. The van der Waals surface area contributed by atoms with Crippen LogP contribution in [-0.2, 0) is 0 Å². The van der Waals surface area contributed by atoms with Crippen molar-refractivity contribution in [3.05, 3.63) is 0 Å². The fraction of sp³-hybridized carbons (Fsp3) is 1.00. The monoisotopic (exact) mass is 238 g/mol. The van der Waals surface area contributed by atoms with Gasteiger partial charge in [-0.3, -0.25) is 0 Å². The summed E-state index contributed by atoms with van der Waals surface area (Å²) in [5.74, 6) is 1.93. The molecule has 0 bridgehead atoms. The predicted molar refractivity (Wildman–Crippen MR) is 74.2 cm³/mol. The zero-order valence-corrected chi connectivity index (χ0v) is 11.9. The van der Waals surface area contributed by atoms with E-state index in [1.54, 1.807) is 0 Å². The van der Waals surface area contributed by atoms with Crippen LogP contribution in [0, 0.1) is 11.8 Å². The first kappa shape index (κ1) is 13.4. The van der Waals surface area contributed by atoms with Crippen LogP contribution in [-0.4, -0.2) is 37.1 Å². The average molecular weight is 238 g/mol. The normalized spacial score (nSPS) is 40.4. The third-order valence-electron chi connectivity index (χ3n) is 5.18. The second-order valence-corrected chi connectivity index (χ2v) is 6.38. The van der Waals surface area contributed by atoms with E-state index in [1.165, 1.54) is 51.6 Å². The Bertz CT molecular complexity index is 229. The maximum absolute atomic E-state index is 3.44. The van der Waals surface area contributed by atoms with E-state index in [9.17, 15) is 0 Å². The molecule has 1 N–H and O–H groups in total. The second kappa shape index (κ2) is 6.19. The summed E-state index contributed by atoms with van der Waals surface area (Å²) < 4.78 is 0. The van der Waals surface area contributed by atoms with Crippen LogP contribution in [0.1, 0.15) is 52.4 Å². The Labute approximate surface area is 107 Å². The van der Waals surface area contributed by atoms with E-state index >= 15 is 0 Å². The Morgan fingerprint density at radius 2 is 1.88 bits per heavy atom. The molecule has 2 heteroatoms. The molecule has 0 aromatic heterocycles. The van der Waals surface area contributed by atoms with Gasteiger partial charge in [-0.2, -0.15) is 0 Å². The van der Waals surface area contributed by atoms with Gasteiger partial charge >= 0.3 is 0 Å². The molecule has 1 aliphatic heterocycles. The lowest BCUT2D eigenvalue weighted by molar-refractivity contribution is 0.0898. The number of piperidine rings is 1. The molecule has 2 fully saturated rings. The summed E-state index contributed by atoms with van der Waals surface area (Å²) in [6, 6.07) is 1.53. The fourth-order valence-electron chi connectivity index (χ4n) is 3.72. The van der Waals surface area contributed by atoms with Crippen molar-refractivity contribution < 1.29 is 0 Å². The lowest BCUT2D eigenvalue weighted by Crippen LogP contribution is -2.48. The zero-order chi connectivity index (χ0) is 12.3. The van der Waals surface area contributed by atoms with Crippen LogP contribution < -0.4 is 5.32 Å². The van der Waals surface area contributed by atoms with Crippen LogP contribution >= 0.6 is 0 Å². The smallest absolute Gasteiger partial charge is 0.00910 e. The zero-order valence-electron chi connectivity index (χ0n) is 11.9. The van der Waals surface area contributed by atoms with Gasteiger partial charge in [0.15, 0.2) is 0 Å². The standard InChI is InChI=1S/C15H30N2/c1-12-6-4-5-7-14(12)11-17-9-8-15(16-3)10-13(17)2/h12-16H,4-11H2,1-3H3. The SMILES string of the molecule is CNC1CCN(CC2CCCCC2C)C(C)C1. The number of rotatable bonds is 3. The van der Waals surface area contributed by atoms with Crippen molar-refractivity contribution in [2.45, 2.75) is 64.5 Å². The van der Waals surface area contributed by atoms with Crippen molar-refractivity contribution in [1.82, 2.24) is 10.2 Å². The summed E-state index contributed by atoms with van der Waals surface area (Å²) in [7, 11) is 2.11. The number of nitrogens with zero attached hydrogens (tertiary/aromatic N) is 1. The minimum atomic E-state index is 0.755. The number of likely N-dealkylation sites (tertiary alicyclic amines) is 1. The van der Waals surface area contributed by atoms with E-state index in [4.69, 9.17) is 0 Å². The van der Waals surface area contributed by atoms with Crippen LogP contribution in [0.2, 0.25) is 0 Å². The number of hydrogen-bond donors (Lipinski definition) is 1. The Balaban J connectivity index is 1.82. The van der Waals surface area contributed by atoms with Gasteiger partial charge in [0.25, 0.3) is 0 Å². The fourth-order valence-corrected chi connectivity index (χ4v) is 3.72. The molecule has 2 rings (SSSR count). The highest BCUT2D eigenvalue weighted by Gasteiger charge is 2.29. The lowest BCUT2D eigenvalue weighted by Gasteiger charge is -2.41. The van der Waals surface area contributed by atoms with Gasteiger partial charge in [0.05, 0.1) is 0 Å². The van der Waals surface area contributed by atoms with Crippen molar-refractivity contribution in [1.29, 1.82) is 0 Å². The molecule has 0 radical (unpaired) electrons. The van der Waals surface area contributed by atoms with E-state index in [0.29, 0.717) is 0 Å². The summed E-state index contributed by atoms with van der Waals surface area (Å²) in [4.78, 5) is 2.75. The van der Waals surface area contributed by atoms with Crippen LogP contribution in [0.15, 0.2) is 0 Å². The highest BCUT2D eigenvalue weighted by atomic mass is 15.2. The van der Waals surface area contributed by atoms with Crippen molar-refractivity contribution in [2.75, 3.05) is 20.1 Å². The molecule has 0 amide bonds. The first-order valence-corrected chi connectivity index (χ1v) is 7.62. The van der Waals surface area contributed by atoms with Crippen LogP contribution in [0.5, 0.6) is 0 Å². The lowest BCUT2D eigenvalue weighted by atomic mass is 9.79. The van der Waals surface area contributed by atoms with Gasteiger partial charge in [-0.15, -0.1) is 0 Å². The molecule has 0 spiro atoms. The van der Waals surface area contributed by atoms with E-state index < -0.39 is 0 Å².